The third kappa shape index (κ3) is 7.81. The molecule has 0 saturated carbocycles. The minimum atomic E-state index is -4.11. The smallest absolute Gasteiger partial charge is 0.271 e. The molecule has 0 aliphatic carbocycles. The number of carbonyl (C=O) groups is 2. The number of anilines is 1. The van der Waals surface area contributed by atoms with Gasteiger partial charge in [0.05, 0.1) is 25.4 Å². The van der Waals surface area contributed by atoms with Gasteiger partial charge in [-0.25, -0.2) is 8.42 Å². The normalized spacial score (nSPS) is 12.7. The van der Waals surface area contributed by atoms with E-state index < -0.39 is 39.3 Å². The number of non-ortho nitro benzene ring substituents is 1. The van der Waals surface area contributed by atoms with Crippen molar-refractivity contribution < 1.29 is 32.4 Å². The van der Waals surface area contributed by atoms with Gasteiger partial charge in [0.1, 0.15) is 29.8 Å². The van der Waals surface area contributed by atoms with Crippen molar-refractivity contribution in [1.29, 1.82) is 0 Å². The van der Waals surface area contributed by atoms with E-state index in [0.717, 1.165) is 16.6 Å². The zero-order chi connectivity index (χ0) is 28.6. The second kappa shape index (κ2) is 13.1. The van der Waals surface area contributed by atoms with Gasteiger partial charge in [-0.15, -0.1) is 0 Å². The maximum Gasteiger partial charge on any atom is 0.271 e. The Balaban J connectivity index is 2.50. The lowest BCUT2D eigenvalue weighted by Crippen LogP contribution is -2.52. The molecular formula is C25H34N4O8S. The molecule has 2 rings (SSSR count). The molecule has 0 saturated heterocycles. The van der Waals surface area contributed by atoms with Crippen molar-refractivity contribution >= 4 is 33.2 Å². The van der Waals surface area contributed by atoms with Crippen molar-refractivity contribution in [2.24, 2.45) is 0 Å². The molecule has 2 amide bonds. The van der Waals surface area contributed by atoms with Gasteiger partial charge >= 0.3 is 0 Å². The van der Waals surface area contributed by atoms with E-state index in [1.54, 1.807) is 31.2 Å². The predicted molar refractivity (Wildman–Crippen MR) is 143 cm³/mol. The van der Waals surface area contributed by atoms with Crippen LogP contribution in [0.15, 0.2) is 42.5 Å². The molecule has 0 heterocycles. The van der Waals surface area contributed by atoms with Crippen molar-refractivity contribution in [3.8, 4) is 11.5 Å². The summed E-state index contributed by atoms with van der Waals surface area (Å²) in [4.78, 5) is 38.6. The number of nitrogens with one attached hydrogen (secondary N) is 1. The van der Waals surface area contributed by atoms with Crippen LogP contribution >= 0.6 is 0 Å². The maximum atomic E-state index is 13.7. The Morgan fingerprint density at radius 1 is 1.08 bits per heavy atom. The van der Waals surface area contributed by atoms with E-state index in [0.29, 0.717) is 17.7 Å². The van der Waals surface area contributed by atoms with E-state index >= 15 is 0 Å². The molecule has 2 aromatic rings. The number of carbonyl (C=O) groups excluding carboxylic acids is 2. The maximum absolute atomic E-state index is 13.7. The first kappa shape index (κ1) is 30.4. The van der Waals surface area contributed by atoms with Gasteiger partial charge in [0.25, 0.3) is 5.69 Å². The summed E-state index contributed by atoms with van der Waals surface area (Å²) in [6, 6.07) is 9.25. The van der Waals surface area contributed by atoms with Crippen LogP contribution in [-0.2, 0) is 26.2 Å². The second-order valence-electron chi connectivity index (χ2n) is 8.75. The Bertz CT molecular complexity index is 1250. The second-order valence-corrected chi connectivity index (χ2v) is 10.7. The van der Waals surface area contributed by atoms with Gasteiger partial charge in [-0.1, -0.05) is 19.1 Å². The summed E-state index contributed by atoms with van der Waals surface area (Å²) in [5.74, 6) is -0.458. The summed E-state index contributed by atoms with van der Waals surface area (Å²) >= 11 is 0. The average molecular weight is 551 g/mol. The van der Waals surface area contributed by atoms with Gasteiger partial charge in [0, 0.05) is 24.7 Å². The fraction of sp³-hybridized carbons (Fsp3) is 0.440. The number of hydrogen-bond acceptors (Lipinski definition) is 8. The largest absolute Gasteiger partial charge is 0.497 e. The quantitative estimate of drug-likeness (QED) is 0.296. The van der Waals surface area contributed by atoms with Crippen molar-refractivity contribution in [2.45, 2.75) is 45.8 Å². The van der Waals surface area contributed by atoms with Gasteiger partial charge in [-0.3, -0.25) is 24.0 Å². The summed E-state index contributed by atoms with van der Waals surface area (Å²) < 4.78 is 36.7. The number of ether oxygens (including phenoxy) is 2. The highest BCUT2D eigenvalue weighted by molar-refractivity contribution is 7.92. The lowest BCUT2D eigenvalue weighted by molar-refractivity contribution is -0.384. The number of sulfonamides is 1. The first-order valence-electron chi connectivity index (χ1n) is 11.8. The van der Waals surface area contributed by atoms with Crippen molar-refractivity contribution in [3.63, 3.8) is 0 Å². The van der Waals surface area contributed by atoms with Crippen LogP contribution in [0.3, 0.4) is 0 Å². The van der Waals surface area contributed by atoms with Crippen molar-refractivity contribution in [3.05, 3.63) is 58.1 Å². The molecule has 13 heteroatoms. The van der Waals surface area contributed by atoms with E-state index in [-0.39, 0.29) is 29.7 Å². The summed E-state index contributed by atoms with van der Waals surface area (Å²) in [5, 5.41) is 14.2. The van der Waals surface area contributed by atoms with Crippen LogP contribution in [0, 0.1) is 10.1 Å². The summed E-state index contributed by atoms with van der Waals surface area (Å²) in [6.45, 7) is 4.58. The van der Waals surface area contributed by atoms with E-state index in [4.69, 9.17) is 9.47 Å². The van der Waals surface area contributed by atoms with Crippen LogP contribution in [0.4, 0.5) is 11.4 Å². The molecule has 12 nitrogen and oxygen atoms in total. The highest BCUT2D eigenvalue weighted by Crippen LogP contribution is 2.34. The van der Waals surface area contributed by atoms with Crippen molar-refractivity contribution in [1.82, 2.24) is 10.2 Å². The summed E-state index contributed by atoms with van der Waals surface area (Å²) in [5.41, 5.74) is 0.137. The SMILES string of the molecule is CC[C@H](C)NC(=O)[C@@H](C)N(Cc1ccc(OC)cc1)C(=O)CN(c1cc([N+](=O)[O-])ccc1OC)S(C)(=O)=O. The van der Waals surface area contributed by atoms with Crippen molar-refractivity contribution in [2.75, 3.05) is 31.3 Å². The van der Waals surface area contributed by atoms with Gasteiger partial charge in [-0.2, -0.15) is 0 Å². The molecule has 0 bridgehead atoms. The number of rotatable bonds is 13. The number of methoxy groups -OCH3 is 2. The Morgan fingerprint density at radius 3 is 2.21 bits per heavy atom. The molecule has 0 unspecified atom stereocenters. The van der Waals surface area contributed by atoms with E-state index in [2.05, 4.69) is 5.32 Å². The van der Waals surface area contributed by atoms with Crippen LogP contribution in [-0.4, -0.2) is 69.2 Å². The lowest BCUT2D eigenvalue weighted by atomic mass is 10.1. The minimum Gasteiger partial charge on any atom is -0.497 e. The summed E-state index contributed by atoms with van der Waals surface area (Å²) in [7, 11) is -1.30. The predicted octanol–water partition coefficient (Wildman–Crippen LogP) is 2.71. The third-order valence-corrected chi connectivity index (χ3v) is 7.13. The van der Waals surface area contributed by atoms with Crippen LogP contribution in [0.2, 0.25) is 0 Å². The fourth-order valence-corrected chi connectivity index (χ4v) is 4.40. The monoisotopic (exact) mass is 550 g/mol. The molecule has 0 aliphatic heterocycles. The molecule has 2 atom stereocenters. The molecule has 0 aliphatic rings. The van der Waals surface area contributed by atoms with Crippen LogP contribution in [0.25, 0.3) is 0 Å². The molecule has 208 valence electrons. The number of nitro benzene ring substituents is 1. The zero-order valence-corrected chi connectivity index (χ0v) is 23.1. The Morgan fingerprint density at radius 2 is 1.71 bits per heavy atom. The first-order chi connectivity index (χ1) is 17.8. The number of amides is 2. The molecule has 0 radical (unpaired) electrons. The lowest BCUT2D eigenvalue weighted by Gasteiger charge is -2.32. The third-order valence-electron chi connectivity index (χ3n) is 6.00. The standard InChI is InChI=1S/C25H34N4O8S/c1-7-17(2)26-25(31)18(3)27(15-19-8-11-21(36-4)12-9-19)24(30)16-28(38(6,34)35)22-14-20(29(32)33)10-13-23(22)37-5/h8-14,17-18H,7,15-16H2,1-6H3,(H,26,31)/t17-,18+/m0/s1. The van der Waals surface area contributed by atoms with Crippen LogP contribution in [0.5, 0.6) is 11.5 Å². The first-order valence-corrected chi connectivity index (χ1v) is 13.7. The Kier molecular flexibility index (Phi) is 10.5. The summed E-state index contributed by atoms with van der Waals surface area (Å²) in [6.07, 6.45) is 1.56. The average Bonchev–Trinajstić information content (AvgIpc) is 2.88. The fourth-order valence-electron chi connectivity index (χ4n) is 3.56. The number of benzene rings is 2. The Hall–Kier alpha value is -3.87. The number of nitro groups is 1. The highest BCUT2D eigenvalue weighted by atomic mass is 32.2. The molecule has 38 heavy (non-hydrogen) atoms. The highest BCUT2D eigenvalue weighted by Gasteiger charge is 2.32. The minimum absolute atomic E-state index is 0.00158. The van der Waals surface area contributed by atoms with Gasteiger partial charge in [0.15, 0.2) is 0 Å². The van der Waals surface area contributed by atoms with E-state index in [1.807, 2.05) is 13.8 Å². The molecule has 1 N–H and O–H groups in total. The van der Waals surface area contributed by atoms with Gasteiger partial charge in [-0.05, 0) is 44.0 Å². The molecule has 2 aromatic carbocycles. The van der Waals surface area contributed by atoms with Gasteiger partial charge in [0.2, 0.25) is 21.8 Å². The Labute approximate surface area is 222 Å². The van der Waals surface area contributed by atoms with E-state index in [9.17, 15) is 28.1 Å². The molecular weight excluding hydrogens is 516 g/mol. The van der Waals surface area contributed by atoms with E-state index in [1.165, 1.54) is 31.3 Å². The van der Waals surface area contributed by atoms with Crippen LogP contribution < -0.4 is 19.1 Å². The van der Waals surface area contributed by atoms with Gasteiger partial charge < -0.3 is 19.7 Å². The number of hydrogen-bond donors (Lipinski definition) is 1. The topological polar surface area (TPSA) is 148 Å². The molecule has 0 spiro atoms. The molecule has 0 fully saturated rings. The number of nitrogens with zero attached hydrogens (tertiary/aromatic N) is 3. The zero-order valence-electron chi connectivity index (χ0n) is 22.3. The van der Waals surface area contributed by atoms with Crippen LogP contribution in [0.1, 0.15) is 32.8 Å². The molecule has 0 aromatic heterocycles.